The van der Waals surface area contributed by atoms with Gasteiger partial charge in [-0.1, -0.05) is 38.9 Å². The average Bonchev–Trinajstić information content (AvgIpc) is 3.44. The lowest BCUT2D eigenvalue weighted by molar-refractivity contribution is -0.295. The Bertz CT molecular complexity index is 1590. The van der Waals surface area contributed by atoms with Crippen molar-refractivity contribution < 1.29 is 62.2 Å². The molecule has 0 radical (unpaired) electrons. The molecule has 4 rings (SSSR count). The number of carbonyl (C=O) groups is 3. The van der Waals surface area contributed by atoms with E-state index in [1.165, 1.54) is 33.2 Å². The van der Waals surface area contributed by atoms with E-state index in [0.29, 0.717) is 17.7 Å². The van der Waals surface area contributed by atoms with Gasteiger partial charge in [0.15, 0.2) is 23.8 Å². The Labute approximate surface area is 322 Å². The van der Waals surface area contributed by atoms with Crippen LogP contribution in [0.5, 0.6) is 5.75 Å². The molecule has 3 aliphatic heterocycles. The molecule has 0 amide bonds. The van der Waals surface area contributed by atoms with Gasteiger partial charge in [-0.25, -0.2) is 14.0 Å². The van der Waals surface area contributed by atoms with E-state index < -0.39 is 83.2 Å². The normalized spacial score (nSPS) is 40.0. The van der Waals surface area contributed by atoms with E-state index in [-0.39, 0.29) is 37.3 Å². The van der Waals surface area contributed by atoms with Crippen LogP contribution in [-0.2, 0) is 42.8 Å². The van der Waals surface area contributed by atoms with E-state index in [9.17, 15) is 24.6 Å². The second-order valence-electron chi connectivity index (χ2n) is 15.8. The van der Waals surface area contributed by atoms with Gasteiger partial charge in [0.05, 0.1) is 29.7 Å². The number of pyridine rings is 1. The fourth-order valence-corrected chi connectivity index (χ4v) is 8.11. The fraction of sp³-hybridized carbons (Fsp3) is 0.718. The molecule has 16 heteroatoms. The van der Waals surface area contributed by atoms with Crippen molar-refractivity contribution in [2.45, 2.75) is 134 Å². The molecular formula is C39H58FN3O12. The zero-order valence-corrected chi connectivity index (χ0v) is 33.7. The first-order valence-corrected chi connectivity index (χ1v) is 18.7. The molecule has 308 valence electrons. The van der Waals surface area contributed by atoms with E-state index in [0.717, 1.165) is 6.92 Å². The Morgan fingerprint density at radius 2 is 1.78 bits per heavy atom. The molecule has 0 unspecified atom stereocenters. The van der Waals surface area contributed by atoms with Gasteiger partial charge >= 0.3 is 12.1 Å². The topological polar surface area (TPSA) is 185 Å². The van der Waals surface area contributed by atoms with Gasteiger partial charge in [0.1, 0.15) is 24.6 Å². The number of cyclic esters (lactones) is 1. The summed E-state index contributed by atoms with van der Waals surface area (Å²) in [7, 11) is 5.06. The summed E-state index contributed by atoms with van der Waals surface area (Å²) in [5, 5.41) is 25.7. The Morgan fingerprint density at radius 3 is 2.40 bits per heavy atom. The number of methoxy groups -OCH3 is 1. The number of alkyl halides is 1. The number of esters is 1. The van der Waals surface area contributed by atoms with Crippen molar-refractivity contribution in [3.63, 3.8) is 0 Å². The number of rotatable bonds is 9. The number of aliphatic hydroxyl groups excluding tert-OH is 1. The molecule has 0 saturated carbocycles. The minimum absolute atomic E-state index is 0.00203. The summed E-state index contributed by atoms with van der Waals surface area (Å²) in [5.74, 6) is -5.25. The Balaban J connectivity index is 1.82. The predicted octanol–water partition coefficient (Wildman–Crippen LogP) is 4.61. The van der Waals surface area contributed by atoms with Crippen LogP contribution < -0.4 is 0 Å². The van der Waals surface area contributed by atoms with Gasteiger partial charge in [-0.3, -0.25) is 9.78 Å². The number of likely N-dealkylation sites (N-methyl/N-ethyl adjacent to an activating group) is 1. The number of Topliss-reactive ketones (excluding diaryl/α,β-unsaturated/α-hetero) is 1. The number of ether oxygens (including phenoxy) is 6. The summed E-state index contributed by atoms with van der Waals surface area (Å²) >= 11 is 0. The van der Waals surface area contributed by atoms with E-state index in [1.54, 1.807) is 39.1 Å². The third-order valence-electron chi connectivity index (χ3n) is 11.2. The Morgan fingerprint density at radius 1 is 1.09 bits per heavy atom. The van der Waals surface area contributed by atoms with E-state index in [4.69, 9.17) is 33.3 Å². The summed E-state index contributed by atoms with van der Waals surface area (Å²) in [6, 6.07) is 1.17. The number of aromatic hydroxyl groups is 1. The second kappa shape index (κ2) is 17.6. The van der Waals surface area contributed by atoms with Gasteiger partial charge in [0.25, 0.3) is 5.67 Å². The number of nitrogens with zero attached hydrogens (tertiary/aromatic N) is 3. The van der Waals surface area contributed by atoms with Gasteiger partial charge in [-0.2, -0.15) is 0 Å². The molecule has 0 aliphatic carbocycles. The van der Waals surface area contributed by atoms with Crippen molar-refractivity contribution in [3.8, 4) is 5.75 Å². The Kier molecular flexibility index (Phi) is 14.1. The van der Waals surface area contributed by atoms with Crippen LogP contribution in [0.25, 0.3) is 6.08 Å². The molecule has 0 bridgehead atoms. The van der Waals surface area contributed by atoms with Crippen molar-refractivity contribution >= 4 is 29.7 Å². The van der Waals surface area contributed by atoms with Crippen LogP contribution in [0, 0.1) is 17.8 Å². The van der Waals surface area contributed by atoms with Gasteiger partial charge in [-0.05, 0) is 78.8 Å². The number of aromatic nitrogens is 1. The van der Waals surface area contributed by atoms with Crippen LogP contribution in [0.2, 0.25) is 0 Å². The maximum absolute atomic E-state index is 16.7. The molecule has 0 spiro atoms. The van der Waals surface area contributed by atoms with Crippen molar-refractivity contribution in [1.82, 2.24) is 9.88 Å². The maximum Gasteiger partial charge on any atom is 0.509 e. The van der Waals surface area contributed by atoms with E-state index in [1.807, 2.05) is 32.8 Å². The largest absolute Gasteiger partial charge is 0.509 e. The second-order valence-corrected chi connectivity index (χ2v) is 15.8. The lowest BCUT2D eigenvalue weighted by Gasteiger charge is -2.47. The first-order chi connectivity index (χ1) is 25.7. The van der Waals surface area contributed by atoms with E-state index in [2.05, 4.69) is 10.1 Å². The van der Waals surface area contributed by atoms with Crippen LogP contribution in [0.1, 0.15) is 80.2 Å². The highest BCUT2D eigenvalue weighted by Crippen LogP contribution is 2.43. The maximum atomic E-state index is 16.7. The molecule has 4 heterocycles. The number of halogens is 1. The molecule has 15 nitrogen and oxygen atoms in total. The van der Waals surface area contributed by atoms with Gasteiger partial charge in [0.2, 0.25) is 0 Å². The van der Waals surface area contributed by atoms with Crippen LogP contribution >= 0.6 is 0 Å². The number of ketones is 1. The molecule has 1 aromatic rings. The highest BCUT2D eigenvalue weighted by Gasteiger charge is 2.60. The minimum Gasteiger partial charge on any atom is -0.506 e. The number of hydrogen-bond donors (Lipinski definition) is 2. The van der Waals surface area contributed by atoms with Crippen LogP contribution in [0.15, 0.2) is 29.7 Å². The standard InChI is InChI=1S/C39H58FN3O12/c1-12-28-39(8)33(54-36(48)55-39)23(4)29(42-50-15-13-14-25-17-26(44)20-41-19-25)21(2)18-37(6,49-11)32(24(5)31(46)38(7,40)35(47)52-28)53-34-30(45)27(43(9)10)16-22(3)51-34/h13-14,17,19-24,27-28,30,32-34,44-45H,12,15-16,18H2,1-11H3/b14-13+,42-29+/t21-,22-,23+,24+,27+,28-,30-,32-,33-,34+,37-,38+,39-/m1/s1. The quantitative estimate of drug-likeness (QED) is 0.153. The molecule has 55 heavy (non-hydrogen) atoms. The average molecular weight is 780 g/mol. The third kappa shape index (κ3) is 9.47. The number of hydrogen-bond acceptors (Lipinski definition) is 15. The third-order valence-corrected chi connectivity index (χ3v) is 11.2. The summed E-state index contributed by atoms with van der Waals surface area (Å²) < 4.78 is 52.6. The summed E-state index contributed by atoms with van der Waals surface area (Å²) in [6.45, 7) is 12.6. The number of aliphatic hydroxyl groups is 1. The number of fused-ring (bicyclic) bond motifs is 1. The van der Waals surface area contributed by atoms with Crippen molar-refractivity contribution in [2.24, 2.45) is 22.9 Å². The molecule has 3 fully saturated rings. The smallest absolute Gasteiger partial charge is 0.506 e. The minimum atomic E-state index is -3.17. The molecule has 13 atom stereocenters. The Hall–Kier alpha value is -3.70. The zero-order chi connectivity index (χ0) is 41.0. The van der Waals surface area contributed by atoms with Gasteiger partial charge in [-0.15, -0.1) is 0 Å². The first kappa shape index (κ1) is 44.0. The molecule has 3 aliphatic rings. The number of carbonyl (C=O) groups excluding carboxylic acids is 3. The van der Waals surface area contributed by atoms with Crippen molar-refractivity contribution in [3.05, 3.63) is 30.1 Å². The first-order valence-electron chi connectivity index (χ1n) is 18.7. The number of oxime groups is 1. The summed E-state index contributed by atoms with van der Waals surface area (Å²) in [5.41, 5.74) is -5.17. The summed E-state index contributed by atoms with van der Waals surface area (Å²) in [6.07, 6.45) is -0.475. The molecule has 0 aromatic carbocycles. The molecular weight excluding hydrogens is 721 g/mol. The van der Waals surface area contributed by atoms with Crippen LogP contribution in [-0.4, -0.2) is 131 Å². The molecule has 2 N–H and O–H groups in total. The fourth-order valence-electron chi connectivity index (χ4n) is 8.11. The summed E-state index contributed by atoms with van der Waals surface area (Å²) in [4.78, 5) is 52.3. The highest BCUT2D eigenvalue weighted by molar-refractivity contribution is 6.08. The van der Waals surface area contributed by atoms with Gasteiger partial charge in [0, 0.05) is 37.1 Å². The SMILES string of the molecule is CC[C@H]1OC(=O)[C@@](C)(F)C(=O)[C@H](C)[C@@H](O[C@@H]2O[C@H](C)C[C@H](N(C)C)[C@H]2O)[C@](C)(OC)C[C@@H](C)/C(=N\OC/C=C/c2cncc(O)c2)[C@H](C)[C@H]2OC(=O)O[C@@]21C. The van der Waals surface area contributed by atoms with Crippen molar-refractivity contribution in [1.29, 1.82) is 0 Å². The van der Waals surface area contributed by atoms with Crippen LogP contribution in [0.3, 0.4) is 0 Å². The van der Waals surface area contributed by atoms with Crippen molar-refractivity contribution in [2.75, 3.05) is 27.8 Å². The molecule has 1 aromatic heterocycles. The molecule has 3 saturated heterocycles. The lowest BCUT2D eigenvalue weighted by Crippen LogP contribution is -2.61. The lowest BCUT2D eigenvalue weighted by atomic mass is 9.73. The van der Waals surface area contributed by atoms with E-state index >= 15 is 4.39 Å². The zero-order valence-electron chi connectivity index (χ0n) is 33.7. The monoisotopic (exact) mass is 779 g/mol. The highest BCUT2D eigenvalue weighted by atomic mass is 19.1. The van der Waals surface area contributed by atoms with Gasteiger partial charge < -0.3 is 48.4 Å². The van der Waals surface area contributed by atoms with Crippen LogP contribution in [0.4, 0.5) is 9.18 Å². The predicted molar refractivity (Wildman–Crippen MR) is 198 cm³/mol.